The number of nitrogens with one attached hydrogen (secondary N) is 3. The third-order valence-electron chi connectivity index (χ3n) is 5.75. The van der Waals surface area contributed by atoms with Crippen LogP contribution in [0.25, 0.3) is 5.65 Å². The second kappa shape index (κ2) is 7.33. The molecule has 0 saturated heterocycles. The van der Waals surface area contributed by atoms with Crippen molar-refractivity contribution in [3.05, 3.63) is 46.5 Å². The summed E-state index contributed by atoms with van der Waals surface area (Å²) in [7, 11) is 1.69. The van der Waals surface area contributed by atoms with Crippen molar-refractivity contribution in [1.82, 2.24) is 24.5 Å². The number of carbonyl (C=O) groups excluding carboxylic acids is 1. The average Bonchev–Trinajstić information content (AvgIpc) is 3.32. The number of alkyl halides is 2. The van der Waals surface area contributed by atoms with E-state index in [1.165, 1.54) is 15.3 Å². The quantitative estimate of drug-likeness (QED) is 0.555. The molecule has 0 bridgehead atoms. The van der Waals surface area contributed by atoms with Crippen LogP contribution >= 0.6 is 0 Å². The second-order valence-electron chi connectivity index (χ2n) is 7.82. The van der Waals surface area contributed by atoms with Gasteiger partial charge in [-0.15, -0.1) is 0 Å². The van der Waals surface area contributed by atoms with Crippen molar-refractivity contribution in [2.75, 3.05) is 17.7 Å². The van der Waals surface area contributed by atoms with Crippen LogP contribution in [0.5, 0.6) is 0 Å². The van der Waals surface area contributed by atoms with Gasteiger partial charge in [0.15, 0.2) is 5.65 Å². The van der Waals surface area contributed by atoms with Crippen molar-refractivity contribution in [3.63, 3.8) is 0 Å². The largest absolute Gasteiger partial charge is 0.373 e. The molecule has 0 radical (unpaired) electrons. The fraction of sp³-hybridized carbons (Fsp3) is 0.400. The van der Waals surface area contributed by atoms with Crippen LogP contribution in [0.4, 0.5) is 26.1 Å². The minimum absolute atomic E-state index is 0.197. The molecule has 2 aliphatic carbocycles. The van der Waals surface area contributed by atoms with E-state index in [0.29, 0.717) is 30.9 Å². The van der Waals surface area contributed by atoms with Crippen LogP contribution in [0.2, 0.25) is 0 Å². The van der Waals surface area contributed by atoms with E-state index in [4.69, 9.17) is 0 Å². The van der Waals surface area contributed by atoms with E-state index in [9.17, 15) is 18.4 Å². The van der Waals surface area contributed by atoms with Gasteiger partial charge in [0.1, 0.15) is 35.2 Å². The predicted octanol–water partition coefficient (Wildman–Crippen LogP) is 2.19. The van der Waals surface area contributed by atoms with Gasteiger partial charge in [-0.1, -0.05) is 0 Å². The highest BCUT2D eigenvalue weighted by Crippen LogP contribution is 2.37. The number of halogens is 2. The molecule has 3 N–H and O–H groups in total. The van der Waals surface area contributed by atoms with E-state index in [1.807, 2.05) is 0 Å². The first-order valence-electron chi connectivity index (χ1n) is 10.1. The lowest BCUT2D eigenvalue weighted by molar-refractivity contribution is 0.0826. The summed E-state index contributed by atoms with van der Waals surface area (Å²) in [5.41, 5.74) is 0.332. The molecule has 0 unspecified atom stereocenters. The van der Waals surface area contributed by atoms with E-state index in [-0.39, 0.29) is 22.5 Å². The molecule has 0 aromatic carbocycles. The molecule has 2 saturated carbocycles. The Hall–Kier alpha value is -3.50. The van der Waals surface area contributed by atoms with E-state index < -0.39 is 30.3 Å². The maximum absolute atomic E-state index is 13.6. The summed E-state index contributed by atoms with van der Waals surface area (Å²) in [6.45, 7) is 0. The minimum atomic E-state index is -1.04. The Labute approximate surface area is 175 Å². The van der Waals surface area contributed by atoms with Crippen molar-refractivity contribution in [2.45, 2.75) is 43.7 Å². The summed E-state index contributed by atoms with van der Waals surface area (Å²) in [5.74, 6) is 0.375. The Balaban J connectivity index is 1.48. The summed E-state index contributed by atoms with van der Waals surface area (Å²) in [4.78, 5) is 29.8. The van der Waals surface area contributed by atoms with Gasteiger partial charge in [-0.2, -0.15) is 9.61 Å². The monoisotopic (exact) mass is 429 g/mol. The lowest BCUT2D eigenvalue weighted by Crippen LogP contribution is -2.48. The Morgan fingerprint density at radius 1 is 1.26 bits per heavy atom. The lowest BCUT2D eigenvalue weighted by atomic mass is 9.90. The number of anilines is 3. The molecule has 9 nitrogen and oxygen atoms in total. The molecule has 1 amide bonds. The number of nitrogens with zero attached hydrogens (tertiary/aromatic N) is 4. The lowest BCUT2D eigenvalue weighted by Gasteiger charge is -2.30. The van der Waals surface area contributed by atoms with Crippen LogP contribution in [0, 0.1) is 0 Å². The fourth-order valence-corrected chi connectivity index (χ4v) is 3.68. The molecular weight excluding hydrogens is 408 g/mol. The van der Waals surface area contributed by atoms with Gasteiger partial charge in [0.05, 0.1) is 18.3 Å². The van der Waals surface area contributed by atoms with Crippen molar-refractivity contribution < 1.29 is 13.6 Å². The predicted molar refractivity (Wildman–Crippen MR) is 110 cm³/mol. The van der Waals surface area contributed by atoms with Crippen molar-refractivity contribution in [3.8, 4) is 0 Å². The first-order valence-corrected chi connectivity index (χ1v) is 10.1. The van der Waals surface area contributed by atoms with Crippen molar-refractivity contribution in [2.24, 2.45) is 0 Å². The summed E-state index contributed by atoms with van der Waals surface area (Å²) in [6.07, 6.45) is 2.24. The fourth-order valence-electron chi connectivity index (χ4n) is 3.68. The second-order valence-corrected chi connectivity index (χ2v) is 7.82. The average molecular weight is 429 g/mol. The standard InChI is InChI=1S/C20H21F2N7O2/c1-23-17-8-16(25-14-3-2-6-28(20(14)31)15-7-12(15)22)27-18-10(9-24-29(17)18)19(30)26-13-5-4-11(13)21/h2-3,6,8-9,11-13,15,23H,4-5,7H2,1H3,(H,25,27)(H,26,30)/t11-,12+,13-,15+/m1/s1. The number of rotatable bonds is 6. The summed E-state index contributed by atoms with van der Waals surface area (Å²) >= 11 is 0. The van der Waals surface area contributed by atoms with Gasteiger partial charge < -0.3 is 20.5 Å². The zero-order valence-electron chi connectivity index (χ0n) is 16.7. The van der Waals surface area contributed by atoms with E-state index in [1.54, 1.807) is 31.4 Å². The molecular formula is C20H21F2N7O2. The van der Waals surface area contributed by atoms with Crippen LogP contribution < -0.4 is 21.5 Å². The molecule has 4 atom stereocenters. The third-order valence-corrected chi connectivity index (χ3v) is 5.75. The topological polar surface area (TPSA) is 105 Å². The van der Waals surface area contributed by atoms with Crippen LogP contribution in [0.3, 0.4) is 0 Å². The van der Waals surface area contributed by atoms with Gasteiger partial charge in [0, 0.05) is 25.7 Å². The molecule has 31 heavy (non-hydrogen) atoms. The first kappa shape index (κ1) is 19.5. The van der Waals surface area contributed by atoms with Gasteiger partial charge >= 0.3 is 0 Å². The van der Waals surface area contributed by atoms with Crippen LogP contribution in [0.15, 0.2) is 35.4 Å². The zero-order valence-corrected chi connectivity index (χ0v) is 16.7. The van der Waals surface area contributed by atoms with E-state index >= 15 is 0 Å². The highest BCUT2D eigenvalue weighted by atomic mass is 19.1. The maximum atomic E-state index is 13.6. The van der Waals surface area contributed by atoms with Crippen molar-refractivity contribution in [1.29, 1.82) is 0 Å². The molecule has 5 rings (SSSR count). The first-order chi connectivity index (χ1) is 15.0. The number of fused-ring (bicyclic) bond motifs is 1. The van der Waals surface area contributed by atoms with Crippen LogP contribution in [-0.2, 0) is 0 Å². The van der Waals surface area contributed by atoms with Crippen LogP contribution in [-0.4, -0.2) is 50.5 Å². The number of amides is 1. The summed E-state index contributed by atoms with van der Waals surface area (Å²) in [5, 5.41) is 12.8. The molecule has 0 aliphatic heterocycles. The van der Waals surface area contributed by atoms with E-state index in [0.717, 1.165) is 0 Å². The molecule has 3 aromatic rings. The SMILES string of the molecule is CNc1cc(Nc2cccn([C@H]3C[C@@H]3F)c2=O)nc2c(C(=O)N[C@@H]3CC[C@H]3F)cnn12. The van der Waals surface area contributed by atoms with Gasteiger partial charge in [-0.05, 0) is 25.0 Å². The Kier molecular flexibility index (Phi) is 4.60. The number of hydrogen-bond acceptors (Lipinski definition) is 6. The molecule has 3 heterocycles. The summed E-state index contributed by atoms with van der Waals surface area (Å²) < 4.78 is 29.8. The zero-order chi connectivity index (χ0) is 21.7. The minimum Gasteiger partial charge on any atom is -0.373 e. The van der Waals surface area contributed by atoms with Gasteiger partial charge in [-0.25, -0.2) is 13.8 Å². The molecule has 0 spiro atoms. The maximum Gasteiger partial charge on any atom is 0.274 e. The Morgan fingerprint density at radius 3 is 2.71 bits per heavy atom. The molecule has 162 valence electrons. The smallest absolute Gasteiger partial charge is 0.274 e. The molecule has 11 heteroatoms. The normalized spacial score (nSPS) is 24.5. The highest BCUT2D eigenvalue weighted by Gasteiger charge is 2.40. The Bertz CT molecular complexity index is 1220. The summed E-state index contributed by atoms with van der Waals surface area (Å²) in [6, 6.07) is 3.94. The van der Waals surface area contributed by atoms with Gasteiger partial charge in [-0.3, -0.25) is 9.59 Å². The molecule has 2 fully saturated rings. The molecule has 3 aromatic heterocycles. The number of aromatic nitrogens is 4. The van der Waals surface area contributed by atoms with Crippen molar-refractivity contribution >= 4 is 28.9 Å². The van der Waals surface area contributed by atoms with E-state index in [2.05, 4.69) is 26.0 Å². The van der Waals surface area contributed by atoms with Gasteiger partial charge in [0.25, 0.3) is 11.5 Å². The number of pyridine rings is 1. The number of carbonyl (C=O) groups is 1. The van der Waals surface area contributed by atoms with Gasteiger partial charge in [0.2, 0.25) is 0 Å². The number of hydrogen-bond donors (Lipinski definition) is 3. The third kappa shape index (κ3) is 3.39. The van der Waals surface area contributed by atoms with Crippen LogP contribution in [0.1, 0.15) is 35.7 Å². The highest BCUT2D eigenvalue weighted by molar-refractivity contribution is 6.00. The molecule has 2 aliphatic rings. The Morgan fingerprint density at radius 2 is 2.06 bits per heavy atom.